The van der Waals surface area contributed by atoms with Crippen LogP contribution in [0.3, 0.4) is 0 Å². The zero-order valence-electron chi connectivity index (χ0n) is 12.9. The Balaban J connectivity index is 2.32. The largest absolute Gasteiger partial charge is 0.341 e. The summed E-state index contributed by atoms with van der Waals surface area (Å²) in [6.07, 6.45) is 0.844. The number of nitrogens with two attached hydrogens (primary N) is 1. The number of aryl methyl sites for hydroxylation is 1. The summed E-state index contributed by atoms with van der Waals surface area (Å²) in [7, 11) is 0. The van der Waals surface area contributed by atoms with Gasteiger partial charge in [-0.25, -0.2) is 0 Å². The Labute approximate surface area is 132 Å². The van der Waals surface area contributed by atoms with E-state index >= 15 is 0 Å². The quantitative estimate of drug-likeness (QED) is 0.867. The molecule has 2 N–H and O–H groups in total. The highest BCUT2D eigenvalue weighted by Crippen LogP contribution is 2.32. The van der Waals surface area contributed by atoms with Crippen molar-refractivity contribution in [3.05, 3.63) is 58.6 Å². The number of anilines is 2. The van der Waals surface area contributed by atoms with Gasteiger partial charge < -0.3 is 10.6 Å². The molecule has 0 saturated carbocycles. The zero-order chi connectivity index (χ0) is 15.4. The fourth-order valence-corrected chi connectivity index (χ4v) is 2.79. The van der Waals surface area contributed by atoms with Gasteiger partial charge in [0.1, 0.15) is 0 Å². The first-order valence-electron chi connectivity index (χ1n) is 7.39. The molecule has 0 spiro atoms. The zero-order valence-corrected chi connectivity index (χ0v) is 13.7. The highest BCUT2D eigenvalue weighted by atomic mass is 35.5. The van der Waals surface area contributed by atoms with Crippen molar-refractivity contribution in [3.63, 3.8) is 0 Å². The predicted octanol–water partition coefficient (Wildman–Crippen LogP) is 4.70. The van der Waals surface area contributed by atoms with E-state index in [0.717, 1.165) is 29.4 Å². The van der Waals surface area contributed by atoms with Crippen LogP contribution in [-0.4, -0.2) is 12.6 Å². The lowest BCUT2D eigenvalue weighted by molar-refractivity contribution is 0.738. The summed E-state index contributed by atoms with van der Waals surface area (Å²) in [6.45, 7) is 7.10. The van der Waals surface area contributed by atoms with Gasteiger partial charge in [-0.05, 0) is 57.0 Å². The van der Waals surface area contributed by atoms with Crippen molar-refractivity contribution in [1.82, 2.24) is 0 Å². The summed E-state index contributed by atoms with van der Waals surface area (Å²) >= 11 is 6.49. The van der Waals surface area contributed by atoms with Gasteiger partial charge in [-0.15, -0.1) is 0 Å². The van der Waals surface area contributed by atoms with Gasteiger partial charge in [0.2, 0.25) is 0 Å². The molecular weight excluding hydrogens is 280 g/mol. The first-order valence-corrected chi connectivity index (χ1v) is 7.77. The molecule has 2 aromatic rings. The van der Waals surface area contributed by atoms with E-state index in [-0.39, 0.29) is 6.04 Å². The molecule has 0 aliphatic carbocycles. The fourth-order valence-electron chi connectivity index (χ4n) is 2.48. The van der Waals surface area contributed by atoms with Crippen molar-refractivity contribution in [2.75, 3.05) is 11.4 Å². The van der Waals surface area contributed by atoms with E-state index in [4.69, 9.17) is 17.3 Å². The van der Waals surface area contributed by atoms with Gasteiger partial charge in [0.05, 0.1) is 10.7 Å². The SMILES string of the molecule is CCN(c1ccc(C)cc1)c1ccc(CC(C)N)cc1Cl. The molecule has 112 valence electrons. The van der Waals surface area contributed by atoms with Gasteiger partial charge in [-0.3, -0.25) is 0 Å². The minimum Gasteiger partial charge on any atom is -0.341 e. The van der Waals surface area contributed by atoms with Gasteiger partial charge in [0.15, 0.2) is 0 Å². The van der Waals surface area contributed by atoms with E-state index in [2.05, 4.69) is 55.1 Å². The van der Waals surface area contributed by atoms with Crippen molar-refractivity contribution in [1.29, 1.82) is 0 Å². The minimum atomic E-state index is 0.145. The van der Waals surface area contributed by atoms with Gasteiger partial charge in [0, 0.05) is 18.3 Å². The number of hydrogen-bond donors (Lipinski definition) is 1. The molecule has 0 amide bonds. The molecule has 2 aromatic carbocycles. The molecule has 2 rings (SSSR count). The summed E-state index contributed by atoms with van der Waals surface area (Å²) in [5.74, 6) is 0. The van der Waals surface area contributed by atoms with E-state index in [1.165, 1.54) is 11.1 Å². The number of halogens is 1. The van der Waals surface area contributed by atoms with E-state index in [9.17, 15) is 0 Å². The maximum atomic E-state index is 6.49. The molecule has 0 radical (unpaired) electrons. The first kappa shape index (κ1) is 15.9. The molecule has 3 heteroatoms. The molecule has 0 aliphatic rings. The topological polar surface area (TPSA) is 29.3 Å². The van der Waals surface area contributed by atoms with Crippen LogP contribution in [0.1, 0.15) is 25.0 Å². The van der Waals surface area contributed by atoms with E-state index in [1.807, 2.05) is 13.0 Å². The van der Waals surface area contributed by atoms with Crippen LogP contribution in [0.5, 0.6) is 0 Å². The second kappa shape index (κ2) is 6.97. The second-order valence-corrected chi connectivity index (χ2v) is 5.95. The number of hydrogen-bond acceptors (Lipinski definition) is 2. The summed E-state index contributed by atoms with van der Waals surface area (Å²) in [5.41, 5.74) is 10.5. The summed E-state index contributed by atoms with van der Waals surface area (Å²) in [6, 6.07) is 14.9. The third-order valence-corrected chi connectivity index (χ3v) is 3.83. The van der Waals surface area contributed by atoms with Gasteiger partial charge >= 0.3 is 0 Å². The first-order chi connectivity index (χ1) is 10.0. The molecule has 0 bridgehead atoms. The summed E-state index contributed by atoms with van der Waals surface area (Å²) in [5, 5.41) is 0.774. The molecular formula is C18H23ClN2. The van der Waals surface area contributed by atoms with Crippen LogP contribution < -0.4 is 10.6 Å². The predicted molar refractivity (Wildman–Crippen MR) is 92.7 cm³/mol. The molecule has 0 aromatic heterocycles. The second-order valence-electron chi connectivity index (χ2n) is 5.55. The number of rotatable bonds is 5. The van der Waals surface area contributed by atoms with E-state index < -0.39 is 0 Å². The van der Waals surface area contributed by atoms with Crippen LogP contribution in [0.25, 0.3) is 0 Å². The highest BCUT2D eigenvalue weighted by molar-refractivity contribution is 6.33. The van der Waals surface area contributed by atoms with Crippen molar-refractivity contribution in [2.45, 2.75) is 33.2 Å². The normalized spacial score (nSPS) is 12.2. The monoisotopic (exact) mass is 302 g/mol. The Morgan fingerprint density at radius 3 is 2.33 bits per heavy atom. The van der Waals surface area contributed by atoms with Crippen LogP contribution >= 0.6 is 11.6 Å². The van der Waals surface area contributed by atoms with Crippen LogP contribution in [0, 0.1) is 6.92 Å². The van der Waals surface area contributed by atoms with Gasteiger partial charge in [-0.2, -0.15) is 0 Å². The van der Waals surface area contributed by atoms with Crippen LogP contribution in [-0.2, 0) is 6.42 Å². The van der Waals surface area contributed by atoms with Crippen molar-refractivity contribution in [3.8, 4) is 0 Å². The van der Waals surface area contributed by atoms with Crippen molar-refractivity contribution >= 4 is 23.0 Å². The summed E-state index contributed by atoms with van der Waals surface area (Å²) < 4.78 is 0. The minimum absolute atomic E-state index is 0.145. The average Bonchev–Trinajstić information content (AvgIpc) is 2.43. The van der Waals surface area contributed by atoms with Crippen LogP contribution in [0.2, 0.25) is 5.02 Å². The standard InChI is InChI=1S/C18H23ClN2/c1-4-21(16-8-5-13(2)6-9-16)18-10-7-15(11-14(3)20)12-17(18)19/h5-10,12,14H,4,11,20H2,1-3H3. The molecule has 0 aliphatic heterocycles. The van der Waals surface area contributed by atoms with Crippen LogP contribution in [0.4, 0.5) is 11.4 Å². The lowest BCUT2D eigenvalue weighted by Gasteiger charge is -2.25. The Hall–Kier alpha value is -1.51. The molecule has 21 heavy (non-hydrogen) atoms. The van der Waals surface area contributed by atoms with E-state index in [0.29, 0.717) is 0 Å². The Morgan fingerprint density at radius 2 is 1.81 bits per heavy atom. The van der Waals surface area contributed by atoms with Crippen molar-refractivity contribution < 1.29 is 0 Å². The average molecular weight is 303 g/mol. The highest BCUT2D eigenvalue weighted by Gasteiger charge is 2.12. The van der Waals surface area contributed by atoms with Crippen molar-refractivity contribution in [2.24, 2.45) is 5.73 Å². The Morgan fingerprint density at radius 1 is 1.14 bits per heavy atom. The number of benzene rings is 2. The maximum Gasteiger partial charge on any atom is 0.0645 e. The lowest BCUT2D eigenvalue weighted by atomic mass is 10.1. The summed E-state index contributed by atoms with van der Waals surface area (Å²) in [4.78, 5) is 2.22. The molecule has 0 saturated heterocycles. The third-order valence-electron chi connectivity index (χ3n) is 3.52. The molecule has 1 atom stereocenters. The third kappa shape index (κ3) is 3.99. The smallest absolute Gasteiger partial charge is 0.0645 e. The van der Waals surface area contributed by atoms with Gasteiger partial charge in [-0.1, -0.05) is 35.4 Å². The fraction of sp³-hybridized carbons (Fsp3) is 0.333. The Bertz CT molecular complexity index is 591. The van der Waals surface area contributed by atoms with E-state index in [1.54, 1.807) is 0 Å². The molecule has 1 unspecified atom stereocenters. The molecule has 0 fully saturated rings. The Kier molecular flexibility index (Phi) is 5.27. The lowest BCUT2D eigenvalue weighted by Crippen LogP contribution is -2.19. The van der Waals surface area contributed by atoms with Crippen LogP contribution in [0.15, 0.2) is 42.5 Å². The molecule has 0 heterocycles. The number of nitrogens with zero attached hydrogens (tertiary/aromatic N) is 1. The van der Waals surface area contributed by atoms with Gasteiger partial charge in [0.25, 0.3) is 0 Å². The molecule has 2 nitrogen and oxygen atoms in total. The maximum absolute atomic E-state index is 6.49.